The second-order valence-electron chi connectivity index (χ2n) is 5.83. The lowest BCUT2D eigenvalue weighted by molar-refractivity contribution is 0.102. The van der Waals surface area contributed by atoms with E-state index in [0.29, 0.717) is 5.56 Å². The number of aromatic nitrogens is 1. The largest absolute Gasteiger partial charge is 0.340 e. The van der Waals surface area contributed by atoms with Crippen molar-refractivity contribution in [1.29, 1.82) is 0 Å². The van der Waals surface area contributed by atoms with Gasteiger partial charge in [-0.1, -0.05) is 23.8 Å². The van der Waals surface area contributed by atoms with E-state index in [1.54, 1.807) is 6.20 Å². The summed E-state index contributed by atoms with van der Waals surface area (Å²) in [6.07, 6.45) is 3.59. The quantitative estimate of drug-likeness (QED) is 0.730. The summed E-state index contributed by atoms with van der Waals surface area (Å²) in [7, 11) is 0. The molecule has 0 radical (unpaired) electrons. The molecule has 0 aliphatic rings. The number of anilines is 3. The summed E-state index contributed by atoms with van der Waals surface area (Å²) < 4.78 is 0. The van der Waals surface area contributed by atoms with Crippen LogP contribution in [0, 0.1) is 6.92 Å². The molecule has 1 heterocycles. The number of benzene rings is 2. The van der Waals surface area contributed by atoms with Crippen LogP contribution in [-0.2, 0) is 0 Å². The first-order valence-electron chi connectivity index (χ1n) is 8.33. The number of nitrogens with zero attached hydrogens (tertiary/aromatic N) is 2. The van der Waals surface area contributed by atoms with Gasteiger partial charge in [-0.3, -0.25) is 9.78 Å². The number of hydrogen-bond donors (Lipinski definition) is 1. The molecule has 0 aliphatic heterocycles. The highest BCUT2D eigenvalue weighted by molar-refractivity contribution is 6.04. The first-order chi connectivity index (χ1) is 12.2. The number of carbonyl (C=O) groups is 1. The third kappa shape index (κ3) is 4.04. The fraction of sp³-hybridized carbons (Fsp3) is 0.143. The van der Waals surface area contributed by atoms with E-state index >= 15 is 0 Å². The van der Waals surface area contributed by atoms with Crippen molar-refractivity contribution in [1.82, 2.24) is 4.98 Å². The van der Waals surface area contributed by atoms with Gasteiger partial charge in [0.25, 0.3) is 5.91 Å². The zero-order valence-corrected chi connectivity index (χ0v) is 14.4. The second kappa shape index (κ2) is 7.62. The van der Waals surface area contributed by atoms with E-state index in [0.717, 1.165) is 29.2 Å². The minimum absolute atomic E-state index is 0.106. The molecule has 2 aromatic carbocycles. The molecule has 0 bridgehead atoms. The summed E-state index contributed by atoms with van der Waals surface area (Å²) in [5, 5.41) is 2.98. The lowest BCUT2D eigenvalue weighted by atomic mass is 10.1. The normalized spacial score (nSPS) is 10.3. The molecule has 126 valence electrons. The predicted molar refractivity (Wildman–Crippen MR) is 102 cm³/mol. The summed E-state index contributed by atoms with van der Waals surface area (Å²) in [4.78, 5) is 18.8. The molecule has 1 amide bonds. The fourth-order valence-corrected chi connectivity index (χ4v) is 2.77. The van der Waals surface area contributed by atoms with E-state index in [-0.39, 0.29) is 5.91 Å². The summed E-state index contributed by atoms with van der Waals surface area (Å²) in [6.45, 7) is 4.87. The molecule has 0 atom stereocenters. The van der Waals surface area contributed by atoms with Gasteiger partial charge in [0, 0.05) is 29.7 Å². The number of pyridine rings is 1. The van der Waals surface area contributed by atoms with Gasteiger partial charge in [-0.25, -0.2) is 0 Å². The van der Waals surface area contributed by atoms with Gasteiger partial charge in [0.05, 0.1) is 11.9 Å². The average Bonchev–Trinajstić information content (AvgIpc) is 2.64. The maximum Gasteiger partial charge on any atom is 0.255 e. The summed E-state index contributed by atoms with van der Waals surface area (Å²) in [6, 6.07) is 19.4. The van der Waals surface area contributed by atoms with Gasteiger partial charge in [-0.05, 0) is 56.3 Å². The SMILES string of the molecule is CCN(c1cccnc1)c1cccc(NC(=O)c2cccc(C)c2)c1. The van der Waals surface area contributed by atoms with Crippen LogP contribution in [0.1, 0.15) is 22.8 Å². The Labute approximate surface area is 148 Å². The Kier molecular flexibility index (Phi) is 5.09. The van der Waals surface area contributed by atoms with Crippen molar-refractivity contribution < 1.29 is 4.79 Å². The van der Waals surface area contributed by atoms with Gasteiger partial charge in [0.2, 0.25) is 0 Å². The molecule has 0 fully saturated rings. The van der Waals surface area contributed by atoms with Gasteiger partial charge in [-0.15, -0.1) is 0 Å². The molecule has 4 nitrogen and oxygen atoms in total. The Hall–Kier alpha value is -3.14. The molecule has 0 saturated carbocycles. The Morgan fingerprint density at radius 2 is 1.84 bits per heavy atom. The maximum atomic E-state index is 12.5. The van der Waals surface area contributed by atoms with Crippen molar-refractivity contribution in [2.75, 3.05) is 16.8 Å². The van der Waals surface area contributed by atoms with Crippen LogP contribution in [0.5, 0.6) is 0 Å². The van der Waals surface area contributed by atoms with E-state index in [9.17, 15) is 4.79 Å². The molecule has 0 saturated heterocycles. The van der Waals surface area contributed by atoms with E-state index in [4.69, 9.17) is 0 Å². The van der Waals surface area contributed by atoms with Gasteiger partial charge in [-0.2, -0.15) is 0 Å². The molecule has 1 aromatic heterocycles. The third-order valence-electron chi connectivity index (χ3n) is 3.97. The van der Waals surface area contributed by atoms with Crippen LogP contribution in [0.15, 0.2) is 73.1 Å². The number of rotatable bonds is 5. The molecule has 1 N–H and O–H groups in total. The number of nitrogens with one attached hydrogen (secondary N) is 1. The van der Waals surface area contributed by atoms with Crippen molar-refractivity contribution in [2.24, 2.45) is 0 Å². The average molecular weight is 331 g/mol. The maximum absolute atomic E-state index is 12.5. The van der Waals surface area contributed by atoms with Crippen LogP contribution in [0.25, 0.3) is 0 Å². The first kappa shape index (κ1) is 16.7. The number of amides is 1. The van der Waals surface area contributed by atoms with E-state index < -0.39 is 0 Å². The monoisotopic (exact) mass is 331 g/mol. The Morgan fingerprint density at radius 1 is 1.04 bits per heavy atom. The van der Waals surface area contributed by atoms with Crippen LogP contribution >= 0.6 is 0 Å². The van der Waals surface area contributed by atoms with Crippen molar-refractivity contribution >= 4 is 23.0 Å². The lowest BCUT2D eigenvalue weighted by Gasteiger charge is -2.23. The lowest BCUT2D eigenvalue weighted by Crippen LogP contribution is -2.17. The van der Waals surface area contributed by atoms with Crippen molar-refractivity contribution in [3.05, 3.63) is 84.2 Å². The standard InChI is InChI=1S/C21H21N3O/c1-3-24(20-11-6-12-22-15-20)19-10-5-9-18(14-19)23-21(25)17-8-4-7-16(2)13-17/h4-15H,3H2,1-2H3,(H,23,25). The van der Waals surface area contributed by atoms with Crippen LogP contribution in [-0.4, -0.2) is 17.4 Å². The Bertz CT molecular complexity index is 862. The molecule has 3 aromatic rings. The molecule has 0 aliphatic carbocycles. The van der Waals surface area contributed by atoms with E-state index in [2.05, 4.69) is 22.1 Å². The molecule has 0 spiro atoms. The summed E-state index contributed by atoms with van der Waals surface area (Å²) in [5.74, 6) is -0.106. The summed E-state index contributed by atoms with van der Waals surface area (Å²) in [5.41, 5.74) is 4.52. The van der Waals surface area contributed by atoms with Crippen LogP contribution in [0.3, 0.4) is 0 Å². The number of carbonyl (C=O) groups excluding carboxylic acids is 1. The van der Waals surface area contributed by atoms with E-state index in [1.807, 2.05) is 73.8 Å². The van der Waals surface area contributed by atoms with Gasteiger partial charge < -0.3 is 10.2 Å². The Balaban J connectivity index is 1.82. The van der Waals surface area contributed by atoms with Crippen LogP contribution in [0.2, 0.25) is 0 Å². The predicted octanol–water partition coefficient (Wildman–Crippen LogP) is 4.80. The summed E-state index contributed by atoms with van der Waals surface area (Å²) >= 11 is 0. The highest BCUT2D eigenvalue weighted by atomic mass is 16.1. The minimum atomic E-state index is -0.106. The third-order valence-corrected chi connectivity index (χ3v) is 3.97. The van der Waals surface area contributed by atoms with Crippen LogP contribution in [0.4, 0.5) is 17.1 Å². The van der Waals surface area contributed by atoms with Crippen molar-refractivity contribution in [3.8, 4) is 0 Å². The van der Waals surface area contributed by atoms with Crippen molar-refractivity contribution in [3.63, 3.8) is 0 Å². The molecular weight excluding hydrogens is 310 g/mol. The van der Waals surface area contributed by atoms with Gasteiger partial charge >= 0.3 is 0 Å². The highest BCUT2D eigenvalue weighted by Crippen LogP contribution is 2.26. The molecule has 3 rings (SSSR count). The topological polar surface area (TPSA) is 45.2 Å². The fourth-order valence-electron chi connectivity index (χ4n) is 2.77. The van der Waals surface area contributed by atoms with Gasteiger partial charge in [0.15, 0.2) is 0 Å². The number of hydrogen-bond acceptors (Lipinski definition) is 3. The van der Waals surface area contributed by atoms with E-state index in [1.165, 1.54) is 0 Å². The molecule has 0 unspecified atom stereocenters. The number of aryl methyl sites for hydroxylation is 1. The molecule has 4 heteroatoms. The second-order valence-corrected chi connectivity index (χ2v) is 5.83. The first-order valence-corrected chi connectivity index (χ1v) is 8.33. The zero-order valence-electron chi connectivity index (χ0n) is 14.4. The van der Waals surface area contributed by atoms with Gasteiger partial charge in [0.1, 0.15) is 0 Å². The van der Waals surface area contributed by atoms with Crippen molar-refractivity contribution in [2.45, 2.75) is 13.8 Å². The Morgan fingerprint density at radius 3 is 2.56 bits per heavy atom. The molecular formula is C21H21N3O. The molecule has 25 heavy (non-hydrogen) atoms. The zero-order chi connectivity index (χ0) is 17.6. The highest BCUT2D eigenvalue weighted by Gasteiger charge is 2.10. The minimum Gasteiger partial charge on any atom is -0.340 e. The van der Waals surface area contributed by atoms with Crippen LogP contribution < -0.4 is 10.2 Å². The smallest absolute Gasteiger partial charge is 0.255 e.